The Kier molecular flexibility index (Phi) is 2.65. The Morgan fingerprint density at radius 3 is 2.67 bits per heavy atom. The maximum absolute atomic E-state index is 10.4. The molecule has 0 spiro atoms. The summed E-state index contributed by atoms with van der Waals surface area (Å²) in [7, 11) is 1.71. The first-order valence-electron chi connectivity index (χ1n) is 3.26. The predicted molar refractivity (Wildman–Crippen MR) is 50.3 cm³/mol. The number of non-ortho nitro benzene ring substituents is 1. The minimum absolute atomic E-state index is 0.0775. The molecule has 4 nitrogen and oxygen atoms in total. The highest BCUT2D eigenvalue weighted by Gasteiger charge is 2.06. The Labute approximate surface area is 77.9 Å². The average molecular weight is 231 g/mol. The molecule has 0 amide bonds. The highest BCUT2D eigenvalue weighted by molar-refractivity contribution is 9.10. The van der Waals surface area contributed by atoms with Crippen LogP contribution in [0.2, 0.25) is 0 Å². The van der Waals surface area contributed by atoms with Gasteiger partial charge in [0.2, 0.25) is 0 Å². The van der Waals surface area contributed by atoms with E-state index >= 15 is 0 Å². The molecule has 1 rings (SSSR count). The first kappa shape index (κ1) is 8.99. The lowest BCUT2D eigenvalue weighted by Crippen LogP contribution is -1.92. The van der Waals surface area contributed by atoms with Crippen molar-refractivity contribution in [3.05, 3.63) is 32.8 Å². The highest BCUT2D eigenvalue weighted by Crippen LogP contribution is 2.23. The van der Waals surface area contributed by atoms with Crippen LogP contribution in [0.25, 0.3) is 0 Å². The van der Waals surface area contributed by atoms with Crippen LogP contribution in [-0.4, -0.2) is 12.0 Å². The summed E-state index contributed by atoms with van der Waals surface area (Å²) >= 11 is 3.18. The first-order valence-corrected chi connectivity index (χ1v) is 4.05. The molecular weight excluding hydrogens is 224 g/mol. The summed E-state index contributed by atoms with van der Waals surface area (Å²) in [6.07, 6.45) is 0. The summed E-state index contributed by atoms with van der Waals surface area (Å²) in [4.78, 5) is 9.95. The molecule has 5 heteroatoms. The van der Waals surface area contributed by atoms with Crippen molar-refractivity contribution in [2.45, 2.75) is 0 Å². The predicted octanol–water partition coefficient (Wildman–Crippen LogP) is 2.40. The fourth-order valence-electron chi connectivity index (χ4n) is 0.824. The van der Waals surface area contributed by atoms with E-state index < -0.39 is 4.92 Å². The normalized spacial score (nSPS) is 9.50. The molecule has 0 aliphatic heterocycles. The molecule has 1 aromatic rings. The molecule has 0 unspecified atom stereocenters. The Bertz CT molecular complexity index is 314. The molecule has 0 aromatic heterocycles. The third-order valence-corrected chi connectivity index (χ3v) is 1.84. The third-order valence-electron chi connectivity index (χ3n) is 1.38. The van der Waals surface area contributed by atoms with E-state index in [9.17, 15) is 10.1 Å². The van der Waals surface area contributed by atoms with Crippen molar-refractivity contribution in [2.24, 2.45) is 0 Å². The number of benzene rings is 1. The highest BCUT2D eigenvalue weighted by atomic mass is 79.9. The topological polar surface area (TPSA) is 55.2 Å². The van der Waals surface area contributed by atoms with E-state index in [-0.39, 0.29) is 5.69 Å². The van der Waals surface area contributed by atoms with Crippen LogP contribution < -0.4 is 5.32 Å². The lowest BCUT2D eigenvalue weighted by atomic mass is 10.3. The Hall–Kier alpha value is -1.10. The number of hydrogen-bond acceptors (Lipinski definition) is 3. The van der Waals surface area contributed by atoms with Crippen molar-refractivity contribution in [3.8, 4) is 0 Å². The number of hydrogen-bond donors (Lipinski definition) is 1. The molecule has 0 atom stereocenters. The molecule has 1 N–H and O–H groups in total. The van der Waals surface area contributed by atoms with Gasteiger partial charge in [-0.3, -0.25) is 10.1 Å². The van der Waals surface area contributed by atoms with E-state index in [2.05, 4.69) is 21.2 Å². The zero-order chi connectivity index (χ0) is 9.14. The van der Waals surface area contributed by atoms with Gasteiger partial charge in [0.05, 0.1) is 4.92 Å². The van der Waals surface area contributed by atoms with Crippen LogP contribution in [0.5, 0.6) is 0 Å². The van der Waals surface area contributed by atoms with Gasteiger partial charge in [-0.2, -0.15) is 0 Å². The van der Waals surface area contributed by atoms with Crippen molar-refractivity contribution in [3.63, 3.8) is 0 Å². The number of nitro benzene ring substituents is 1. The number of rotatable bonds is 2. The lowest BCUT2D eigenvalue weighted by molar-refractivity contribution is -0.384. The second-order valence-electron chi connectivity index (χ2n) is 2.21. The van der Waals surface area contributed by atoms with Crippen LogP contribution >= 0.6 is 15.9 Å². The summed E-state index contributed by atoms with van der Waals surface area (Å²) in [5.41, 5.74) is 0.796. The van der Waals surface area contributed by atoms with E-state index in [1.165, 1.54) is 12.1 Å². The van der Waals surface area contributed by atoms with Crippen LogP contribution in [0.3, 0.4) is 0 Å². The van der Waals surface area contributed by atoms with Crippen LogP contribution in [-0.2, 0) is 0 Å². The molecule has 1 aromatic carbocycles. The molecule has 12 heavy (non-hydrogen) atoms. The van der Waals surface area contributed by atoms with Gasteiger partial charge in [-0.15, -0.1) is 0 Å². The minimum atomic E-state index is -0.425. The van der Waals surface area contributed by atoms with Crippen LogP contribution in [0.4, 0.5) is 11.4 Å². The molecule has 0 fully saturated rings. The Morgan fingerprint density at radius 1 is 1.50 bits per heavy atom. The Morgan fingerprint density at radius 2 is 2.17 bits per heavy atom. The van der Waals surface area contributed by atoms with Gasteiger partial charge in [-0.1, -0.05) is 15.9 Å². The van der Waals surface area contributed by atoms with E-state index in [0.29, 0.717) is 4.47 Å². The number of nitrogens with zero attached hydrogens (tertiary/aromatic N) is 1. The molecule has 0 saturated carbocycles. The van der Waals surface area contributed by atoms with E-state index in [4.69, 9.17) is 0 Å². The summed E-state index contributed by atoms with van der Waals surface area (Å²) in [5, 5.41) is 13.2. The number of nitrogens with one attached hydrogen (secondary N) is 1. The largest absolute Gasteiger partial charge is 0.388 e. The summed E-state index contributed by atoms with van der Waals surface area (Å²) in [6, 6.07) is 4.71. The van der Waals surface area contributed by atoms with Gasteiger partial charge in [0, 0.05) is 29.3 Å². The zero-order valence-electron chi connectivity index (χ0n) is 6.37. The monoisotopic (exact) mass is 230 g/mol. The van der Waals surface area contributed by atoms with Gasteiger partial charge < -0.3 is 5.32 Å². The average Bonchev–Trinajstić information content (AvgIpc) is 2.03. The maximum atomic E-state index is 10.4. The second-order valence-corrected chi connectivity index (χ2v) is 3.12. The van der Waals surface area contributed by atoms with E-state index in [1.54, 1.807) is 13.1 Å². The fraction of sp³-hybridized carbons (Fsp3) is 0.143. The van der Waals surface area contributed by atoms with Crippen molar-refractivity contribution in [1.82, 2.24) is 0 Å². The molecule has 0 bridgehead atoms. The van der Waals surface area contributed by atoms with Crippen molar-refractivity contribution >= 4 is 27.3 Å². The molecule has 0 aliphatic carbocycles. The maximum Gasteiger partial charge on any atom is 0.272 e. The van der Waals surface area contributed by atoms with Crippen molar-refractivity contribution < 1.29 is 4.92 Å². The van der Waals surface area contributed by atoms with Crippen LogP contribution in [0, 0.1) is 10.1 Å². The van der Waals surface area contributed by atoms with Gasteiger partial charge in [0.25, 0.3) is 5.69 Å². The molecule has 0 radical (unpaired) electrons. The summed E-state index contributed by atoms with van der Waals surface area (Å²) in [5.74, 6) is 0. The smallest absolute Gasteiger partial charge is 0.272 e. The van der Waals surface area contributed by atoms with E-state index in [1.807, 2.05) is 0 Å². The van der Waals surface area contributed by atoms with Gasteiger partial charge in [-0.25, -0.2) is 0 Å². The number of anilines is 1. The zero-order valence-corrected chi connectivity index (χ0v) is 7.96. The van der Waals surface area contributed by atoms with Gasteiger partial charge in [-0.05, 0) is 6.07 Å². The Balaban J connectivity index is 3.15. The van der Waals surface area contributed by atoms with Gasteiger partial charge in [0.15, 0.2) is 0 Å². The molecular formula is C7H7BrN2O2. The number of halogens is 1. The van der Waals surface area contributed by atoms with Crippen LogP contribution in [0.15, 0.2) is 22.7 Å². The second kappa shape index (κ2) is 3.53. The molecule has 0 heterocycles. The lowest BCUT2D eigenvalue weighted by Gasteiger charge is -1.99. The standard InChI is InChI=1S/C7H7BrN2O2/c1-9-6-2-5(8)3-7(4-6)10(11)12/h2-4,9H,1H3. The van der Waals surface area contributed by atoms with Crippen molar-refractivity contribution in [2.75, 3.05) is 12.4 Å². The summed E-state index contributed by atoms with van der Waals surface area (Å²) < 4.78 is 0.695. The fourth-order valence-corrected chi connectivity index (χ4v) is 1.31. The van der Waals surface area contributed by atoms with Gasteiger partial charge in [0.1, 0.15) is 0 Å². The molecule has 0 saturated heterocycles. The number of nitro groups is 1. The van der Waals surface area contributed by atoms with E-state index in [0.717, 1.165) is 5.69 Å². The summed E-state index contributed by atoms with van der Waals surface area (Å²) in [6.45, 7) is 0. The van der Waals surface area contributed by atoms with Gasteiger partial charge >= 0.3 is 0 Å². The van der Waals surface area contributed by atoms with Crippen molar-refractivity contribution in [1.29, 1.82) is 0 Å². The SMILES string of the molecule is CNc1cc(Br)cc([N+](=O)[O-])c1. The molecule has 0 aliphatic rings. The minimum Gasteiger partial charge on any atom is -0.388 e. The van der Waals surface area contributed by atoms with Crippen LogP contribution in [0.1, 0.15) is 0 Å². The quantitative estimate of drug-likeness (QED) is 0.628. The third kappa shape index (κ3) is 1.94. The first-order chi connectivity index (χ1) is 5.63. The molecule has 64 valence electrons.